The van der Waals surface area contributed by atoms with Gasteiger partial charge in [0.1, 0.15) is 21.0 Å². The summed E-state index contributed by atoms with van der Waals surface area (Å²) in [5.74, 6) is 5.56. The molecule has 0 amide bonds. The Kier molecular flexibility index (Phi) is 10.9. The molecule has 3 saturated carbocycles. The third-order valence-electron chi connectivity index (χ3n) is 12.5. The minimum Gasteiger partial charge on any atom is -0.471 e. The molecule has 5 heteroatoms. The number of hydrogen-bond donors (Lipinski definition) is 0. The van der Waals surface area contributed by atoms with Gasteiger partial charge in [0.25, 0.3) is 0 Å². The maximum absolute atomic E-state index is 6.94. The summed E-state index contributed by atoms with van der Waals surface area (Å²) in [5, 5.41) is 0.304. The van der Waals surface area contributed by atoms with Gasteiger partial charge in [0.2, 0.25) is 0 Å². The van der Waals surface area contributed by atoms with Gasteiger partial charge in [-0.25, -0.2) is 0 Å². The molecule has 0 radical (unpaired) electrons. The van der Waals surface area contributed by atoms with Crippen LogP contribution in [0.25, 0.3) is 0 Å². The van der Waals surface area contributed by atoms with E-state index in [1.54, 1.807) is 5.57 Å². The fourth-order valence-corrected chi connectivity index (χ4v) is 10.7. The Hall–Kier alpha value is 0.311. The maximum atomic E-state index is 6.94. The van der Waals surface area contributed by atoms with Crippen LogP contribution >= 0.6 is 0 Å². The van der Waals surface area contributed by atoms with Gasteiger partial charge in [0.15, 0.2) is 8.32 Å². The molecule has 0 aliphatic heterocycles. The predicted octanol–water partition coefficient (Wildman–Crippen LogP) is 7.98. The van der Waals surface area contributed by atoms with Crippen LogP contribution in [0.1, 0.15) is 126 Å². The van der Waals surface area contributed by atoms with Crippen molar-refractivity contribution < 1.29 is 8.54 Å². The average molecular weight is 579 g/mol. The fraction of sp³-hybridized carbons (Fsp3) is 0.939. The molecule has 0 spiro atoms. The highest BCUT2D eigenvalue weighted by Gasteiger charge is 2.59. The van der Waals surface area contributed by atoms with Crippen LogP contribution in [0.5, 0.6) is 0 Å². The standard InChI is InChI=1S/C33H60OSi.H6OSi2/c1-23(2)12-11-13-24(3)28-16-17-29-27-15-14-25-22-26(34-35(9,10)31(4,5)6)18-20-32(25,7)30(27)19-21-33(28,29)8;2-1-3/h14,23-24,26-30H,11-13,15-22H2,1-10H3;2-3H3/t24?,26-,27-,28+,29-,30-,32-,33+;/m0./s1. The van der Waals surface area contributed by atoms with E-state index in [1.165, 1.54) is 70.6 Å². The van der Waals surface area contributed by atoms with Crippen LogP contribution in [0.2, 0.25) is 18.1 Å². The molecule has 8 atom stereocenters. The van der Waals surface area contributed by atoms with E-state index in [4.69, 9.17) is 4.43 Å². The molecule has 3 fully saturated rings. The van der Waals surface area contributed by atoms with E-state index in [2.05, 4.69) is 78.7 Å². The van der Waals surface area contributed by atoms with Crippen molar-refractivity contribution in [1.29, 1.82) is 0 Å². The van der Waals surface area contributed by atoms with Crippen molar-refractivity contribution in [2.75, 3.05) is 0 Å². The molecule has 0 N–H and O–H groups in total. The van der Waals surface area contributed by atoms with Crippen LogP contribution in [-0.2, 0) is 8.54 Å². The highest BCUT2D eigenvalue weighted by Crippen LogP contribution is 2.67. The molecular weight excluding hydrogens is 513 g/mol. The van der Waals surface area contributed by atoms with E-state index in [1.807, 2.05) is 0 Å². The zero-order valence-corrected chi connectivity index (χ0v) is 32.7. The van der Waals surface area contributed by atoms with E-state index in [-0.39, 0.29) is 0 Å². The Morgan fingerprint density at radius 1 is 0.974 bits per heavy atom. The fourth-order valence-electron chi connectivity index (χ4n) is 9.35. The van der Waals surface area contributed by atoms with Gasteiger partial charge in [-0.3, -0.25) is 0 Å². The summed E-state index contributed by atoms with van der Waals surface area (Å²) in [4.78, 5) is 0. The van der Waals surface area contributed by atoms with E-state index in [0.29, 0.717) is 22.0 Å². The largest absolute Gasteiger partial charge is 0.471 e. The molecule has 2 nitrogen and oxygen atoms in total. The third kappa shape index (κ3) is 6.68. The molecule has 222 valence electrons. The van der Waals surface area contributed by atoms with Crippen molar-refractivity contribution in [2.24, 2.45) is 46.3 Å². The highest BCUT2D eigenvalue weighted by atomic mass is 28.4. The Bertz CT molecular complexity index is 803. The van der Waals surface area contributed by atoms with Crippen molar-refractivity contribution in [2.45, 2.75) is 150 Å². The molecule has 4 rings (SSSR count). The normalized spacial score (nSPS) is 38.1. The summed E-state index contributed by atoms with van der Waals surface area (Å²) in [6, 6.07) is 0. The number of allylic oxidation sites excluding steroid dienone is 1. The van der Waals surface area contributed by atoms with Crippen LogP contribution in [0.3, 0.4) is 0 Å². The quantitative estimate of drug-likeness (QED) is 0.225. The lowest BCUT2D eigenvalue weighted by molar-refractivity contribution is -0.0565. The molecule has 4 aliphatic rings. The lowest BCUT2D eigenvalue weighted by Crippen LogP contribution is -2.52. The predicted molar refractivity (Wildman–Crippen MR) is 176 cm³/mol. The van der Waals surface area contributed by atoms with Gasteiger partial charge in [-0.05, 0) is 116 Å². The van der Waals surface area contributed by atoms with Gasteiger partial charge >= 0.3 is 0 Å². The Morgan fingerprint density at radius 2 is 1.63 bits per heavy atom. The average Bonchev–Trinajstić information content (AvgIpc) is 3.16. The molecule has 0 aromatic rings. The molecule has 0 saturated heterocycles. The van der Waals surface area contributed by atoms with Crippen LogP contribution in [0.15, 0.2) is 11.6 Å². The molecular formula is C33H66O2Si3. The van der Waals surface area contributed by atoms with Gasteiger partial charge in [0, 0.05) is 6.10 Å². The van der Waals surface area contributed by atoms with Crippen LogP contribution in [-0.4, -0.2) is 35.4 Å². The molecule has 0 bridgehead atoms. The lowest BCUT2D eigenvalue weighted by Gasteiger charge is -2.59. The van der Waals surface area contributed by atoms with Crippen LogP contribution in [0, 0.1) is 46.3 Å². The minimum absolute atomic E-state index is 0.304. The number of rotatable bonds is 7. The van der Waals surface area contributed by atoms with Crippen LogP contribution < -0.4 is 0 Å². The van der Waals surface area contributed by atoms with E-state index >= 15 is 0 Å². The van der Waals surface area contributed by atoms with E-state index in [9.17, 15) is 0 Å². The molecule has 0 aromatic carbocycles. The Labute approximate surface area is 245 Å². The first-order valence-electron chi connectivity index (χ1n) is 16.4. The van der Waals surface area contributed by atoms with Gasteiger partial charge in [-0.2, -0.15) is 0 Å². The summed E-state index contributed by atoms with van der Waals surface area (Å²) in [5.41, 5.74) is 2.83. The van der Waals surface area contributed by atoms with Gasteiger partial charge in [0.05, 0.1) is 0 Å². The number of hydrogen-bond acceptors (Lipinski definition) is 2. The summed E-state index contributed by atoms with van der Waals surface area (Å²) < 4.78 is 11.5. The Morgan fingerprint density at radius 3 is 2.24 bits per heavy atom. The smallest absolute Gasteiger partial charge is 0.192 e. The SMILES string of the molecule is CC(C)CCCC(C)[C@H]1CC[C@H]2[C@@H]3CC=C4C[C@@H](O[Si](C)(C)C(C)(C)C)CC[C@]4(C)[C@H]3CC[C@]12C.[SiH3]O[SiH3]. The Balaban J connectivity index is 0.00000127. The first kappa shape index (κ1) is 32.8. The molecule has 38 heavy (non-hydrogen) atoms. The van der Waals surface area contributed by atoms with Gasteiger partial charge < -0.3 is 8.54 Å². The molecule has 4 aliphatic carbocycles. The van der Waals surface area contributed by atoms with Gasteiger partial charge in [-0.15, -0.1) is 0 Å². The number of fused-ring (bicyclic) bond motifs is 5. The summed E-state index contributed by atoms with van der Waals surface area (Å²) in [6.45, 7) is 24.8. The monoisotopic (exact) mass is 578 g/mol. The second-order valence-electron chi connectivity index (χ2n) is 16.4. The second kappa shape index (κ2) is 12.7. The molecule has 1 unspecified atom stereocenters. The van der Waals surface area contributed by atoms with E-state index in [0.717, 1.165) is 56.5 Å². The van der Waals surface area contributed by atoms with Crippen molar-refractivity contribution in [1.82, 2.24) is 0 Å². The molecule has 0 aromatic heterocycles. The van der Waals surface area contributed by atoms with Crippen molar-refractivity contribution >= 4 is 29.3 Å². The topological polar surface area (TPSA) is 18.5 Å². The molecule has 0 heterocycles. The van der Waals surface area contributed by atoms with E-state index < -0.39 is 8.32 Å². The zero-order valence-electron chi connectivity index (χ0n) is 27.7. The summed E-state index contributed by atoms with van der Waals surface area (Å²) in [6.07, 6.45) is 18.7. The van der Waals surface area contributed by atoms with Crippen molar-refractivity contribution in [3.05, 3.63) is 11.6 Å². The maximum Gasteiger partial charge on any atom is 0.192 e. The van der Waals surface area contributed by atoms with Crippen molar-refractivity contribution in [3.63, 3.8) is 0 Å². The first-order chi connectivity index (χ1) is 17.6. The van der Waals surface area contributed by atoms with Crippen molar-refractivity contribution in [3.8, 4) is 0 Å². The van der Waals surface area contributed by atoms with Crippen LogP contribution in [0.4, 0.5) is 0 Å². The minimum atomic E-state index is -1.70. The highest BCUT2D eigenvalue weighted by molar-refractivity contribution is 6.74. The lowest BCUT2D eigenvalue weighted by atomic mass is 9.47. The summed E-state index contributed by atoms with van der Waals surface area (Å²) in [7, 11) is 0.164. The third-order valence-corrected chi connectivity index (χ3v) is 17.1. The van der Waals surface area contributed by atoms with Gasteiger partial charge in [-0.1, -0.05) is 86.3 Å². The zero-order chi connectivity index (χ0) is 28.5. The second-order valence-corrected chi connectivity index (χ2v) is 24.5. The first-order valence-corrected chi connectivity index (χ1v) is 20.9. The summed E-state index contributed by atoms with van der Waals surface area (Å²) >= 11 is 0.